The van der Waals surface area contributed by atoms with Gasteiger partial charge in [0.2, 0.25) is 5.91 Å². The van der Waals surface area contributed by atoms with E-state index in [0.29, 0.717) is 87.1 Å². The van der Waals surface area contributed by atoms with Crippen LogP contribution in [0.3, 0.4) is 0 Å². The van der Waals surface area contributed by atoms with Crippen LogP contribution in [0.25, 0.3) is 27.1 Å². The van der Waals surface area contributed by atoms with E-state index in [2.05, 4.69) is 194 Å². The van der Waals surface area contributed by atoms with Crippen molar-refractivity contribution in [3.8, 4) is 11.8 Å². The molecule has 0 saturated heterocycles. The standard InChI is InChI=1S/C72H79B2N5O6Si/c1-49(2)68(80)26-17-18-40-78(45-54-20-11-15-24-66(54)73(82)83)48-65-59-23-14-13-22-58(59)64(47-79(41-19-39-75-72(81)50(3)4)46-55-21-12-16-25-67(55)74(84)85)60-36-31-52(42-63(60)65)28-27-51-29-32-53(33-30-51)71-61-37-34-56(76(5)6)43-69(61)86(9,10)70-44-57(77(7)8)35-38-62(70)71/h11-16,20-25,29-38,42-44,82-85H,1,3,17-19,26,39-41,45-48H2,2,4-10H3/p+1. The first-order valence-electron chi connectivity index (χ1n) is 29.7. The highest BCUT2D eigenvalue weighted by atomic mass is 28.3. The van der Waals surface area contributed by atoms with Crippen molar-refractivity contribution < 1.29 is 34.3 Å². The minimum atomic E-state index is -2.12. The minimum Gasteiger partial charge on any atom is -0.423 e. The van der Waals surface area contributed by atoms with E-state index in [1.807, 2.05) is 30.3 Å². The average Bonchev–Trinajstić information content (AvgIpc) is 0.764. The van der Waals surface area contributed by atoms with Gasteiger partial charge in [-0.05, 0) is 175 Å². The van der Waals surface area contributed by atoms with Crippen molar-refractivity contribution in [1.29, 1.82) is 0 Å². The highest BCUT2D eigenvalue weighted by Gasteiger charge is 2.40. The number of nitrogens with zero attached hydrogens (tertiary/aromatic N) is 4. The molecule has 5 N–H and O–H groups in total. The van der Waals surface area contributed by atoms with Crippen LogP contribution in [0.2, 0.25) is 13.1 Å². The Morgan fingerprint density at radius 2 is 1.19 bits per heavy atom. The van der Waals surface area contributed by atoms with E-state index in [1.54, 1.807) is 32.0 Å². The van der Waals surface area contributed by atoms with Gasteiger partial charge in [0.05, 0.1) is 0 Å². The Balaban J connectivity index is 1.16. The second kappa shape index (κ2) is 27.6. The van der Waals surface area contributed by atoms with Crippen molar-refractivity contribution in [2.45, 2.75) is 78.8 Å². The van der Waals surface area contributed by atoms with Crippen LogP contribution in [0.1, 0.15) is 84.0 Å². The molecule has 7 aromatic carbocycles. The molecular formula is C72H80B2N5O6Si+. The van der Waals surface area contributed by atoms with Crippen molar-refractivity contribution in [2.24, 2.45) is 0 Å². The summed E-state index contributed by atoms with van der Waals surface area (Å²) in [5.41, 5.74) is 14.7. The zero-order chi connectivity index (χ0) is 61.4. The number of Topliss-reactive ketones (excluding diaryl/α,β-unsaturated/α-hetero) is 1. The molecule has 14 heteroatoms. The summed E-state index contributed by atoms with van der Waals surface area (Å²) in [7, 11) is 2.98. The van der Waals surface area contributed by atoms with Crippen LogP contribution in [0, 0.1) is 11.8 Å². The van der Waals surface area contributed by atoms with E-state index in [1.165, 1.54) is 38.5 Å². The van der Waals surface area contributed by atoms with Crippen molar-refractivity contribution >= 4 is 88.6 Å². The van der Waals surface area contributed by atoms with Gasteiger partial charge in [-0.15, -0.1) is 0 Å². The van der Waals surface area contributed by atoms with Crippen molar-refractivity contribution in [1.82, 2.24) is 15.1 Å². The summed E-state index contributed by atoms with van der Waals surface area (Å²) in [6.07, 6.45) is 9.37. The number of unbranched alkanes of at least 4 members (excludes halogenated alkanes) is 1. The maximum Gasteiger partial charge on any atom is 0.488 e. The number of allylic oxidation sites excluding steroid dienone is 6. The third kappa shape index (κ3) is 14.3. The molecule has 2 aliphatic rings. The summed E-state index contributed by atoms with van der Waals surface area (Å²) < 4.78 is 2.18. The van der Waals surface area contributed by atoms with Crippen molar-refractivity contribution in [3.63, 3.8) is 0 Å². The zero-order valence-electron chi connectivity index (χ0n) is 51.2. The molecule has 0 spiro atoms. The van der Waals surface area contributed by atoms with Crippen LogP contribution in [0.5, 0.6) is 0 Å². The summed E-state index contributed by atoms with van der Waals surface area (Å²) in [4.78, 5) is 32.2. The summed E-state index contributed by atoms with van der Waals surface area (Å²) in [5, 5.41) is 52.2. The maximum absolute atomic E-state index is 12.7. The van der Waals surface area contributed by atoms with Crippen LogP contribution >= 0.6 is 0 Å². The Labute approximate surface area is 510 Å². The third-order valence-corrected chi connectivity index (χ3v) is 20.4. The Morgan fingerprint density at radius 1 is 0.628 bits per heavy atom. The monoisotopic (exact) mass is 1160 g/mol. The lowest BCUT2D eigenvalue weighted by molar-refractivity contribution is -0.462. The minimum absolute atomic E-state index is 0.0481. The number of ketones is 1. The molecule has 1 aliphatic heterocycles. The third-order valence-electron chi connectivity index (χ3n) is 16.8. The molecule has 0 saturated carbocycles. The number of nitrogens with one attached hydrogen (secondary N) is 1. The summed E-state index contributed by atoms with van der Waals surface area (Å²) in [5.74, 6) is 6.96. The lowest BCUT2D eigenvalue weighted by Crippen LogP contribution is -2.49. The van der Waals surface area contributed by atoms with Gasteiger partial charge in [0.1, 0.15) is 22.2 Å². The number of rotatable bonds is 23. The largest absolute Gasteiger partial charge is 0.488 e. The van der Waals surface area contributed by atoms with Gasteiger partial charge >= 0.3 is 14.2 Å². The van der Waals surface area contributed by atoms with Gasteiger partial charge in [-0.3, -0.25) is 19.4 Å². The van der Waals surface area contributed by atoms with Crippen LogP contribution in [0.15, 0.2) is 187 Å². The van der Waals surface area contributed by atoms with E-state index < -0.39 is 22.3 Å². The van der Waals surface area contributed by atoms with Crippen LogP contribution < -0.4 is 26.3 Å². The van der Waals surface area contributed by atoms with E-state index in [4.69, 9.17) is 0 Å². The van der Waals surface area contributed by atoms with Gasteiger partial charge in [-0.2, -0.15) is 0 Å². The molecule has 438 valence electrons. The number of benzene rings is 7. The summed E-state index contributed by atoms with van der Waals surface area (Å²) in [6, 6.07) is 45.3. The van der Waals surface area contributed by atoms with E-state index >= 15 is 0 Å². The number of hydrogen-bond acceptors (Lipinski definition) is 9. The first kappa shape index (κ1) is 62.6. The molecule has 0 fully saturated rings. The fourth-order valence-corrected chi connectivity index (χ4v) is 15.1. The molecule has 7 aromatic rings. The quantitative estimate of drug-likeness (QED) is 0.0106. The van der Waals surface area contributed by atoms with Crippen LogP contribution in [-0.2, 0) is 35.8 Å². The molecule has 0 bridgehead atoms. The second-order valence-electron chi connectivity index (χ2n) is 24.0. The Kier molecular flexibility index (Phi) is 20.1. The smallest absolute Gasteiger partial charge is 0.423 e. The lowest BCUT2D eigenvalue weighted by Gasteiger charge is -2.38. The SMILES string of the molecule is C=C(C)C(=O)CCCCN(Cc1ccccc1B(O)O)Cc1c2ccccc2c(CN(CCCNC(=O)C(=C)C)Cc2ccccc2B(O)O)c2ccc(C#Cc3ccc(C4=C5C=CC(=[N+](C)C)C=C5[Si](C)(C)c5cc(N(C)C)ccc54)cc3)cc12. The van der Waals surface area contributed by atoms with E-state index in [0.717, 1.165) is 66.9 Å². The van der Waals surface area contributed by atoms with Crippen molar-refractivity contribution in [2.75, 3.05) is 52.7 Å². The van der Waals surface area contributed by atoms with Gasteiger partial charge in [0, 0.05) is 94.3 Å². The Hall–Kier alpha value is -7.96. The molecule has 11 nitrogen and oxygen atoms in total. The first-order chi connectivity index (χ1) is 41.2. The van der Waals surface area contributed by atoms with Gasteiger partial charge < -0.3 is 30.3 Å². The van der Waals surface area contributed by atoms with Gasteiger partial charge in [0.25, 0.3) is 0 Å². The number of anilines is 1. The Bertz CT molecular complexity index is 3960. The van der Waals surface area contributed by atoms with Gasteiger partial charge in [0.15, 0.2) is 11.5 Å². The number of carbonyl (C=O) groups excluding carboxylic acids is 2. The average molecular weight is 1160 g/mol. The number of hydrogen-bond donors (Lipinski definition) is 5. The maximum atomic E-state index is 12.7. The Morgan fingerprint density at radius 3 is 1.77 bits per heavy atom. The predicted octanol–water partition coefficient (Wildman–Crippen LogP) is 8.70. The van der Waals surface area contributed by atoms with Gasteiger partial charge in [-0.25, -0.2) is 4.58 Å². The fourth-order valence-electron chi connectivity index (χ4n) is 12.0. The molecule has 0 aromatic heterocycles. The topological polar surface area (TPSA) is 140 Å². The number of fused-ring (bicyclic) bond motifs is 4. The second-order valence-corrected chi connectivity index (χ2v) is 28.3. The van der Waals surface area contributed by atoms with Crippen LogP contribution in [-0.4, -0.2) is 122 Å². The highest BCUT2D eigenvalue weighted by Crippen LogP contribution is 2.42. The summed E-state index contributed by atoms with van der Waals surface area (Å²) in [6.45, 7) is 19.5. The van der Waals surface area contributed by atoms with Gasteiger partial charge in [-0.1, -0.05) is 135 Å². The predicted molar refractivity (Wildman–Crippen MR) is 359 cm³/mol. The molecule has 1 heterocycles. The number of amides is 1. The van der Waals surface area contributed by atoms with E-state index in [-0.39, 0.29) is 11.7 Å². The van der Waals surface area contributed by atoms with Crippen molar-refractivity contribution in [3.05, 3.63) is 231 Å². The number of carbonyl (C=O) groups is 2. The molecule has 0 unspecified atom stereocenters. The molecular weight excluding hydrogens is 1080 g/mol. The molecule has 0 radical (unpaired) electrons. The molecule has 0 atom stereocenters. The molecule has 1 aliphatic carbocycles. The van der Waals surface area contributed by atoms with Crippen LogP contribution in [0.4, 0.5) is 5.69 Å². The normalized spacial score (nSPS) is 13.3. The molecule has 86 heavy (non-hydrogen) atoms. The lowest BCUT2D eigenvalue weighted by atomic mass is 9.77. The summed E-state index contributed by atoms with van der Waals surface area (Å²) >= 11 is 0. The van der Waals surface area contributed by atoms with E-state index in [9.17, 15) is 29.7 Å². The molecule has 1 amide bonds. The fraction of sp³-hybridized carbons (Fsp3) is 0.264. The zero-order valence-corrected chi connectivity index (χ0v) is 52.2. The highest BCUT2D eigenvalue weighted by molar-refractivity contribution is 6.98. The molecule has 9 rings (SSSR count). The first-order valence-corrected chi connectivity index (χ1v) is 32.7.